The summed E-state index contributed by atoms with van der Waals surface area (Å²) in [6.45, 7) is 2.92. The van der Waals surface area contributed by atoms with Crippen LogP contribution in [0.4, 0.5) is 0 Å². The quantitative estimate of drug-likeness (QED) is 0.755. The number of nitrogens with one attached hydrogen (secondary N) is 1. The number of thiazole rings is 1. The molecule has 0 saturated carbocycles. The van der Waals surface area contributed by atoms with E-state index in [4.69, 9.17) is 0 Å². The molecule has 0 aromatic carbocycles. The number of amides is 1. The van der Waals surface area contributed by atoms with Gasteiger partial charge in [0.1, 0.15) is 17.2 Å². The lowest BCUT2D eigenvalue weighted by Crippen LogP contribution is -2.26. The number of aryl methyl sites for hydroxylation is 1. The molecule has 0 aliphatic carbocycles. The van der Waals surface area contributed by atoms with Gasteiger partial charge in [0.25, 0.3) is 0 Å². The van der Waals surface area contributed by atoms with E-state index < -0.39 is 0 Å². The minimum absolute atomic E-state index is 0.0225. The molecule has 114 valence electrons. The fourth-order valence-corrected chi connectivity index (χ4v) is 3.47. The number of carbonyl (C=O) groups excluding carboxylic acids is 1. The van der Waals surface area contributed by atoms with Crippen molar-refractivity contribution in [3.05, 3.63) is 46.0 Å². The normalized spacial score (nSPS) is 10.8. The third-order valence-electron chi connectivity index (χ3n) is 3.13. The lowest BCUT2D eigenvalue weighted by molar-refractivity contribution is -0.121. The van der Waals surface area contributed by atoms with Crippen LogP contribution in [0.25, 0.3) is 10.7 Å². The van der Waals surface area contributed by atoms with E-state index in [1.807, 2.05) is 29.1 Å². The van der Waals surface area contributed by atoms with Crippen molar-refractivity contribution >= 4 is 28.6 Å². The second-order valence-corrected chi connectivity index (χ2v) is 6.68. The highest BCUT2D eigenvalue weighted by molar-refractivity contribution is 7.13. The fourth-order valence-electron chi connectivity index (χ4n) is 1.96. The van der Waals surface area contributed by atoms with Crippen LogP contribution in [0.15, 0.2) is 35.4 Å². The number of imidazole rings is 1. The molecule has 0 aliphatic heterocycles. The molecular formula is C15H16N4OS2. The van der Waals surface area contributed by atoms with Gasteiger partial charge in [0, 0.05) is 16.5 Å². The molecule has 0 unspecified atom stereocenters. The van der Waals surface area contributed by atoms with Gasteiger partial charge in [0.15, 0.2) is 0 Å². The van der Waals surface area contributed by atoms with Gasteiger partial charge >= 0.3 is 0 Å². The van der Waals surface area contributed by atoms with E-state index in [1.54, 1.807) is 33.6 Å². The summed E-state index contributed by atoms with van der Waals surface area (Å²) in [5.41, 5.74) is 1.89. The van der Waals surface area contributed by atoms with Crippen molar-refractivity contribution in [2.45, 2.75) is 26.4 Å². The lowest BCUT2D eigenvalue weighted by Gasteiger charge is -2.03. The van der Waals surface area contributed by atoms with Crippen molar-refractivity contribution in [2.24, 2.45) is 0 Å². The summed E-state index contributed by atoms with van der Waals surface area (Å²) in [5.74, 6) is -0.0225. The number of aromatic nitrogens is 3. The van der Waals surface area contributed by atoms with Gasteiger partial charge in [-0.1, -0.05) is 13.0 Å². The molecule has 3 heterocycles. The SMILES string of the molecule is CCc1csc(-c2cn(CC(=O)NCc3cccs3)cn2)n1. The molecule has 1 amide bonds. The number of carbonyl (C=O) groups is 1. The lowest BCUT2D eigenvalue weighted by atomic mass is 10.4. The average molecular weight is 332 g/mol. The Morgan fingerprint density at radius 1 is 1.41 bits per heavy atom. The minimum atomic E-state index is -0.0225. The predicted molar refractivity (Wildman–Crippen MR) is 88.9 cm³/mol. The second-order valence-electron chi connectivity index (χ2n) is 4.78. The molecule has 22 heavy (non-hydrogen) atoms. The van der Waals surface area contributed by atoms with Crippen molar-refractivity contribution in [1.82, 2.24) is 19.9 Å². The smallest absolute Gasteiger partial charge is 0.240 e. The number of nitrogens with zero attached hydrogens (tertiary/aromatic N) is 3. The molecule has 0 saturated heterocycles. The topological polar surface area (TPSA) is 59.8 Å². The number of hydrogen-bond donors (Lipinski definition) is 1. The van der Waals surface area contributed by atoms with Crippen molar-refractivity contribution in [2.75, 3.05) is 0 Å². The number of hydrogen-bond acceptors (Lipinski definition) is 5. The van der Waals surface area contributed by atoms with Gasteiger partial charge in [-0.3, -0.25) is 4.79 Å². The van der Waals surface area contributed by atoms with Crippen LogP contribution in [0.2, 0.25) is 0 Å². The second kappa shape index (κ2) is 6.85. The average Bonchev–Trinajstić information content (AvgIpc) is 3.25. The van der Waals surface area contributed by atoms with Gasteiger partial charge in [-0.2, -0.15) is 0 Å². The van der Waals surface area contributed by atoms with Crippen molar-refractivity contribution in [1.29, 1.82) is 0 Å². The third kappa shape index (κ3) is 3.61. The van der Waals surface area contributed by atoms with Crippen LogP contribution in [0.5, 0.6) is 0 Å². The molecule has 3 aromatic heterocycles. The fraction of sp³-hybridized carbons (Fsp3) is 0.267. The molecule has 3 aromatic rings. The molecular weight excluding hydrogens is 316 g/mol. The highest BCUT2D eigenvalue weighted by Gasteiger charge is 2.09. The number of rotatable bonds is 6. The molecule has 0 radical (unpaired) electrons. The van der Waals surface area contributed by atoms with Crippen LogP contribution in [0.3, 0.4) is 0 Å². The van der Waals surface area contributed by atoms with E-state index in [9.17, 15) is 4.79 Å². The van der Waals surface area contributed by atoms with Gasteiger partial charge in [0.05, 0.1) is 18.6 Å². The molecule has 0 bridgehead atoms. The van der Waals surface area contributed by atoms with E-state index in [0.29, 0.717) is 6.54 Å². The van der Waals surface area contributed by atoms with Crippen LogP contribution in [0, 0.1) is 0 Å². The van der Waals surface area contributed by atoms with Crippen LogP contribution in [-0.4, -0.2) is 20.4 Å². The zero-order valence-corrected chi connectivity index (χ0v) is 13.8. The molecule has 1 N–H and O–H groups in total. The van der Waals surface area contributed by atoms with E-state index >= 15 is 0 Å². The van der Waals surface area contributed by atoms with Crippen molar-refractivity contribution in [3.8, 4) is 10.7 Å². The van der Waals surface area contributed by atoms with Gasteiger partial charge in [0.2, 0.25) is 5.91 Å². The molecule has 0 fully saturated rings. The summed E-state index contributed by atoms with van der Waals surface area (Å²) in [6, 6.07) is 3.99. The Labute approximate surface area is 136 Å². The zero-order valence-electron chi connectivity index (χ0n) is 12.2. The summed E-state index contributed by atoms with van der Waals surface area (Å²) in [5, 5.41) is 7.85. The highest BCUT2D eigenvalue weighted by Crippen LogP contribution is 2.22. The standard InChI is InChI=1S/C15H16N4OS2/c1-2-11-9-22-15(18-11)13-7-19(10-17-13)8-14(20)16-6-12-4-3-5-21-12/h3-5,7,9-10H,2,6,8H2,1H3,(H,16,20). The van der Waals surface area contributed by atoms with Gasteiger partial charge < -0.3 is 9.88 Å². The Morgan fingerprint density at radius 2 is 2.32 bits per heavy atom. The van der Waals surface area contributed by atoms with E-state index in [1.165, 1.54) is 0 Å². The summed E-state index contributed by atoms with van der Waals surface area (Å²) in [6.07, 6.45) is 4.46. The molecule has 3 rings (SSSR count). The Kier molecular flexibility index (Phi) is 4.65. The monoisotopic (exact) mass is 332 g/mol. The summed E-state index contributed by atoms with van der Waals surface area (Å²) >= 11 is 3.22. The maximum atomic E-state index is 11.9. The Hall–Kier alpha value is -1.99. The first-order valence-corrected chi connectivity index (χ1v) is 8.76. The van der Waals surface area contributed by atoms with Crippen LogP contribution >= 0.6 is 22.7 Å². The van der Waals surface area contributed by atoms with Crippen LogP contribution in [-0.2, 0) is 24.3 Å². The minimum Gasteiger partial charge on any atom is -0.350 e. The predicted octanol–water partition coefficient (Wildman–Crippen LogP) is 2.95. The first-order valence-electron chi connectivity index (χ1n) is 7.00. The van der Waals surface area contributed by atoms with E-state index in [2.05, 4.69) is 22.2 Å². The Balaban J connectivity index is 1.58. The van der Waals surface area contributed by atoms with E-state index in [-0.39, 0.29) is 12.5 Å². The largest absolute Gasteiger partial charge is 0.350 e. The van der Waals surface area contributed by atoms with E-state index in [0.717, 1.165) is 27.7 Å². The summed E-state index contributed by atoms with van der Waals surface area (Å²) in [7, 11) is 0. The molecule has 0 spiro atoms. The van der Waals surface area contributed by atoms with Gasteiger partial charge in [-0.25, -0.2) is 9.97 Å². The van der Waals surface area contributed by atoms with Crippen molar-refractivity contribution < 1.29 is 4.79 Å². The first-order chi connectivity index (χ1) is 10.7. The Morgan fingerprint density at radius 3 is 3.05 bits per heavy atom. The van der Waals surface area contributed by atoms with Crippen molar-refractivity contribution in [3.63, 3.8) is 0 Å². The highest BCUT2D eigenvalue weighted by atomic mass is 32.1. The summed E-state index contributed by atoms with van der Waals surface area (Å²) in [4.78, 5) is 21.9. The molecule has 5 nitrogen and oxygen atoms in total. The van der Waals surface area contributed by atoms with Gasteiger partial charge in [-0.05, 0) is 17.9 Å². The molecule has 0 aliphatic rings. The maximum Gasteiger partial charge on any atom is 0.240 e. The molecule has 7 heteroatoms. The third-order valence-corrected chi connectivity index (χ3v) is 4.92. The number of thiophene rings is 1. The maximum absolute atomic E-state index is 11.9. The first kappa shape index (κ1) is 14.9. The van der Waals surface area contributed by atoms with Crippen LogP contribution < -0.4 is 5.32 Å². The van der Waals surface area contributed by atoms with Gasteiger partial charge in [-0.15, -0.1) is 22.7 Å². The van der Waals surface area contributed by atoms with Crippen LogP contribution in [0.1, 0.15) is 17.5 Å². The Bertz CT molecular complexity index is 745. The zero-order chi connectivity index (χ0) is 15.4. The molecule has 0 atom stereocenters. The summed E-state index contributed by atoms with van der Waals surface area (Å²) < 4.78 is 1.78.